The number of nitrogens with one attached hydrogen (secondary N) is 1. The van der Waals surface area contributed by atoms with E-state index in [1.807, 2.05) is 0 Å². The van der Waals surface area contributed by atoms with Crippen LogP contribution in [0.5, 0.6) is 0 Å². The molecule has 62 heavy (non-hydrogen) atoms. The van der Waals surface area contributed by atoms with Gasteiger partial charge in [-0.1, -0.05) is 226 Å². The summed E-state index contributed by atoms with van der Waals surface area (Å²) in [5.41, 5.74) is 0. The molecule has 370 valence electrons. The zero-order chi connectivity index (χ0) is 45.6. The Balaban J connectivity index is 2.38. The summed E-state index contributed by atoms with van der Waals surface area (Å²) >= 11 is 0. The van der Waals surface area contributed by atoms with Crippen molar-refractivity contribution in [1.82, 2.24) is 5.32 Å². The molecule has 0 saturated carbocycles. The first-order valence-electron chi connectivity index (χ1n) is 26.0. The van der Waals surface area contributed by atoms with E-state index in [1.165, 1.54) is 161 Å². The lowest BCUT2D eigenvalue weighted by Crippen LogP contribution is -2.61. The number of carbonyl (C=O) groups is 1. The first-order valence-corrected chi connectivity index (χ1v) is 26.0. The number of aliphatic hydroxyl groups is 8. The molecule has 1 rings (SSSR count). The molecule has 0 spiro atoms. The van der Waals surface area contributed by atoms with E-state index in [4.69, 9.17) is 9.47 Å². The molecule has 1 aliphatic rings. The second-order valence-corrected chi connectivity index (χ2v) is 18.7. The number of unbranched alkanes of at least 4 members (excludes halogenated alkanes) is 31. The first-order chi connectivity index (χ1) is 30.1. The second kappa shape index (κ2) is 40.4. The Morgan fingerprint density at radius 3 is 1.23 bits per heavy atom. The van der Waals surface area contributed by atoms with Crippen molar-refractivity contribution in [2.45, 2.75) is 300 Å². The van der Waals surface area contributed by atoms with E-state index in [0.29, 0.717) is 12.8 Å². The molecule has 0 aromatic carbocycles. The van der Waals surface area contributed by atoms with Crippen molar-refractivity contribution in [1.29, 1.82) is 0 Å². The van der Waals surface area contributed by atoms with Gasteiger partial charge >= 0.3 is 0 Å². The number of aliphatic hydroxyl groups excluding tert-OH is 8. The summed E-state index contributed by atoms with van der Waals surface area (Å²) in [6, 6.07) is -1.34. The fourth-order valence-electron chi connectivity index (χ4n) is 8.64. The lowest BCUT2D eigenvalue weighted by atomic mass is 9.96. The Morgan fingerprint density at radius 2 is 0.855 bits per heavy atom. The van der Waals surface area contributed by atoms with Crippen LogP contribution in [0.1, 0.15) is 239 Å². The molecule has 0 radical (unpaired) electrons. The number of amides is 1. The average Bonchev–Trinajstić information content (AvgIpc) is 3.27. The molecule has 1 heterocycles. The summed E-state index contributed by atoms with van der Waals surface area (Å²) < 4.78 is 11.0. The number of carbonyl (C=O) groups excluding carboxylic acids is 1. The van der Waals surface area contributed by atoms with E-state index in [-0.39, 0.29) is 12.8 Å². The van der Waals surface area contributed by atoms with E-state index in [9.17, 15) is 45.6 Å². The number of rotatable bonds is 44. The van der Waals surface area contributed by atoms with E-state index in [0.717, 1.165) is 38.5 Å². The maximum absolute atomic E-state index is 13.1. The van der Waals surface area contributed by atoms with E-state index >= 15 is 0 Å². The summed E-state index contributed by atoms with van der Waals surface area (Å²) in [6.45, 7) is 3.29. The topological polar surface area (TPSA) is 209 Å². The van der Waals surface area contributed by atoms with E-state index < -0.39 is 80.3 Å². The van der Waals surface area contributed by atoms with Crippen molar-refractivity contribution in [2.75, 3.05) is 13.2 Å². The third kappa shape index (κ3) is 28.9. The maximum Gasteiger partial charge on any atom is 0.249 e. The van der Waals surface area contributed by atoms with E-state index in [1.54, 1.807) is 0 Å². The van der Waals surface area contributed by atoms with Crippen LogP contribution in [0, 0.1) is 0 Å². The van der Waals surface area contributed by atoms with Gasteiger partial charge in [0, 0.05) is 0 Å². The minimum Gasteiger partial charge on any atom is -0.394 e. The van der Waals surface area contributed by atoms with Crippen molar-refractivity contribution < 1.29 is 55.1 Å². The molecular weight excluding hydrogens is 791 g/mol. The highest BCUT2D eigenvalue weighted by Crippen LogP contribution is 2.23. The van der Waals surface area contributed by atoms with Crippen LogP contribution in [0.4, 0.5) is 0 Å². The minimum atomic E-state index is -1.71. The monoisotopic (exact) mass is 890 g/mol. The molecular formula is C50H99NO11. The van der Waals surface area contributed by atoms with Crippen LogP contribution >= 0.6 is 0 Å². The van der Waals surface area contributed by atoms with Crippen molar-refractivity contribution in [3.63, 3.8) is 0 Å². The Bertz CT molecular complexity index is 993. The molecule has 0 aromatic rings. The molecule has 1 amide bonds. The van der Waals surface area contributed by atoms with Crippen molar-refractivity contribution in [2.24, 2.45) is 0 Å². The van der Waals surface area contributed by atoms with Gasteiger partial charge in [0.1, 0.15) is 42.7 Å². The van der Waals surface area contributed by atoms with Crippen molar-refractivity contribution in [3.05, 3.63) is 0 Å². The second-order valence-electron chi connectivity index (χ2n) is 18.7. The van der Waals surface area contributed by atoms with Gasteiger partial charge in [-0.25, -0.2) is 0 Å². The van der Waals surface area contributed by atoms with Crippen LogP contribution < -0.4 is 5.32 Å². The van der Waals surface area contributed by atoms with Crippen LogP contribution in [-0.4, -0.2) is 121 Å². The third-order valence-corrected chi connectivity index (χ3v) is 13.0. The Morgan fingerprint density at radius 1 is 0.500 bits per heavy atom. The first kappa shape index (κ1) is 59.1. The summed E-state index contributed by atoms with van der Waals surface area (Å²) in [6.07, 6.45) is 27.1. The number of hydrogen-bond acceptors (Lipinski definition) is 11. The van der Waals surface area contributed by atoms with Gasteiger partial charge < -0.3 is 55.6 Å². The van der Waals surface area contributed by atoms with Crippen LogP contribution in [0.15, 0.2) is 0 Å². The highest BCUT2D eigenvalue weighted by molar-refractivity contribution is 5.80. The zero-order valence-corrected chi connectivity index (χ0v) is 39.7. The number of hydrogen-bond donors (Lipinski definition) is 9. The third-order valence-electron chi connectivity index (χ3n) is 13.0. The van der Waals surface area contributed by atoms with E-state index in [2.05, 4.69) is 19.2 Å². The predicted octanol–water partition coefficient (Wildman–Crippen LogP) is 8.42. The van der Waals surface area contributed by atoms with Gasteiger partial charge in [0.05, 0.1) is 25.4 Å². The van der Waals surface area contributed by atoms with Gasteiger partial charge in [-0.15, -0.1) is 0 Å². The SMILES string of the molecule is CCCCCCCCCCCCCCCCCCCCCCCC[C@@H](O)C(=O)N[C@@H](CO[C@H]1O[C@H](CO)[C@H](O)[C@H](O)[C@H]1O)[C@H](O)[C@H](O)[C@@H](O)CCCCCCCCCCCCC. The molecule has 9 N–H and O–H groups in total. The minimum absolute atomic E-state index is 0.214. The largest absolute Gasteiger partial charge is 0.394 e. The van der Waals surface area contributed by atoms with Gasteiger partial charge in [0.2, 0.25) is 5.91 Å². The van der Waals surface area contributed by atoms with Gasteiger partial charge in [-0.3, -0.25) is 4.79 Å². The lowest BCUT2D eigenvalue weighted by molar-refractivity contribution is -0.303. The normalized spacial score (nSPS) is 21.7. The fraction of sp³-hybridized carbons (Fsp3) is 0.980. The smallest absolute Gasteiger partial charge is 0.249 e. The fourth-order valence-corrected chi connectivity index (χ4v) is 8.64. The zero-order valence-electron chi connectivity index (χ0n) is 39.7. The molecule has 1 fully saturated rings. The summed E-state index contributed by atoms with van der Waals surface area (Å²) in [5.74, 6) is -0.776. The van der Waals surface area contributed by atoms with Gasteiger partial charge in [0.15, 0.2) is 6.29 Å². The highest BCUT2D eigenvalue weighted by Gasteiger charge is 2.45. The van der Waals surface area contributed by atoms with Crippen LogP contribution in [0.2, 0.25) is 0 Å². The average molecular weight is 890 g/mol. The molecule has 12 nitrogen and oxygen atoms in total. The molecule has 1 aliphatic heterocycles. The maximum atomic E-state index is 13.1. The summed E-state index contributed by atoms with van der Waals surface area (Å²) in [4.78, 5) is 13.1. The highest BCUT2D eigenvalue weighted by atomic mass is 16.7. The molecule has 1 saturated heterocycles. The van der Waals surface area contributed by atoms with Gasteiger partial charge in [-0.05, 0) is 12.8 Å². The van der Waals surface area contributed by atoms with Crippen LogP contribution in [0.25, 0.3) is 0 Å². The van der Waals surface area contributed by atoms with Gasteiger partial charge in [0.25, 0.3) is 0 Å². The summed E-state index contributed by atoms with van der Waals surface area (Å²) in [7, 11) is 0. The lowest BCUT2D eigenvalue weighted by Gasteiger charge is -2.40. The molecule has 0 aliphatic carbocycles. The van der Waals surface area contributed by atoms with Crippen molar-refractivity contribution in [3.8, 4) is 0 Å². The van der Waals surface area contributed by atoms with Gasteiger partial charge in [-0.2, -0.15) is 0 Å². The Kier molecular flexibility index (Phi) is 38.5. The van der Waals surface area contributed by atoms with Crippen molar-refractivity contribution >= 4 is 5.91 Å². The molecule has 12 heteroatoms. The van der Waals surface area contributed by atoms with Crippen LogP contribution in [-0.2, 0) is 14.3 Å². The molecule has 10 atom stereocenters. The Hall–Kier alpha value is -0.930. The number of ether oxygens (including phenoxy) is 2. The predicted molar refractivity (Wildman–Crippen MR) is 249 cm³/mol. The quantitative estimate of drug-likeness (QED) is 0.0265. The van der Waals surface area contributed by atoms with Crippen LogP contribution in [0.3, 0.4) is 0 Å². The Labute approximate surface area is 378 Å². The summed E-state index contributed by atoms with van der Waals surface area (Å²) in [5, 5.41) is 86.5. The molecule has 0 unspecified atom stereocenters. The molecule has 0 bridgehead atoms. The standard InChI is InChI=1S/C50H99NO11/c1-3-5-7-9-11-13-15-16-17-18-19-20-21-22-23-24-25-27-29-31-33-35-37-42(54)49(60)51-40(39-61-50-48(59)47(58)46(57)43(38-52)62-50)44(55)45(56)41(53)36-34-32-30-28-26-14-12-10-8-6-4-2/h40-48,50,52-59H,3-39H2,1-2H3,(H,51,60)/t40-,41-,42+,43+,44-,45+,46-,47-,48+,50-/m0/s1. The molecule has 0 aromatic heterocycles.